The Morgan fingerprint density at radius 2 is 1.79 bits per heavy atom. The van der Waals surface area contributed by atoms with Crippen LogP contribution in [0.25, 0.3) is 0 Å². The van der Waals surface area contributed by atoms with Gasteiger partial charge in [-0.25, -0.2) is 0 Å². The van der Waals surface area contributed by atoms with E-state index in [9.17, 15) is 9.59 Å². The number of methoxy groups -OCH3 is 2. The first-order valence-electron chi connectivity index (χ1n) is 9.65. The molecule has 0 spiro atoms. The van der Waals surface area contributed by atoms with Crippen molar-refractivity contribution in [1.29, 1.82) is 0 Å². The fourth-order valence-corrected chi connectivity index (χ4v) is 4.11. The van der Waals surface area contributed by atoms with Gasteiger partial charge in [-0.1, -0.05) is 41.9 Å². The number of likely N-dealkylation sites (tertiary alicyclic amines) is 1. The van der Waals surface area contributed by atoms with E-state index < -0.39 is 0 Å². The third-order valence-electron chi connectivity index (χ3n) is 5.39. The van der Waals surface area contributed by atoms with Gasteiger partial charge < -0.3 is 19.7 Å². The van der Waals surface area contributed by atoms with Crippen LogP contribution in [0.15, 0.2) is 48.5 Å². The van der Waals surface area contributed by atoms with E-state index in [0.717, 1.165) is 23.6 Å². The van der Waals surface area contributed by atoms with Crippen LogP contribution in [0.2, 0.25) is 5.02 Å². The number of quaternary nitrogens is 1. The van der Waals surface area contributed by atoms with Gasteiger partial charge in [-0.15, -0.1) is 0 Å². The summed E-state index contributed by atoms with van der Waals surface area (Å²) in [6, 6.07) is 14.5. The maximum absolute atomic E-state index is 13.3. The summed E-state index contributed by atoms with van der Waals surface area (Å²) >= 11 is 6.19. The predicted molar refractivity (Wildman–Crippen MR) is 111 cm³/mol. The van der Waals surface area contributed by atoms with Crippen molar-refractivity contribution in [3.63, 3.8) is 0 Å². The molecular weight excluding hydrogens is 392 g/mol. The number of carbonyl (C=O) groups excluding carboxylic acids is 2. The fraction of sp³-hybridized carbons (Fsp3) is 0.364. The Labute approximate surface area is 175 Å². The van der Waals surface area contributed by atoms with E-state index in [4.69, 9.17) is 21.1 Å². The number of halogens is 1. The highest BCUT2D eigenvalue weighted by Gasteiger charge is 2.36. The summed E-state index contributed by atoms with van der Waals surface area (Å²) in [4.78, 5) is 26.2. The number of nitrogens with one attached hydrogen (secondary N) is 2. The monoisotopic (exact) mass is 417 g/mol. The van der Waals surface area contributed by atoms with Crippen molar-refractivity contribution in [1.82, 2.24) is 0 Å². The highest BCUT2D eigenvalue weighted by atomic mass is 35.5. The number of ether oxygens (including phenoxy) is 2. The van der Waals surface area contributed by atoms with Gasteiger partial charge in [0.05, 0.1) is 38.2 Å². The zero-order valence-corrected chi connectivity index (χ0v) is 17.4. The summed E-state index contributed by atoms with van der Waals surface area (Å²) in [5.74, 6) is 0.185. The van der Waals surface area contributed by atoms with Gasteiger partial charge in [0, 0.05) is 24.1 Å². The first kappa shape index (κ1) is 21.1. The van der Waals surface area contributed by atoms with Crippen molar-refractivity contribution in [3.8, 4) is 5.75 Å². The zero-order chi connectivity index (χ0) is 20.8. The van der Waals surface area contributed by atoms with Crippen LogP contribution in [-0.2, 0) is 14.3 Å². The predicted octanol–water partition coefficient (Wildman–Crippen LogP) is 2.50. The van der Waals surface area contributed by atoms with E-state index in [0.29, 0.717) is 29.3 Å². The van der Waals surface area contributed by atoms with Crippen LogP contribution in [-0.4, -0.2) is 39.2 Å². The number of carbonyl (C=O) groups is 2. The average molecular weight is 418 g/mol. The molecule has 0 radical (unpaired) electrons. The van der Waals surface area contributed by atoms with E-state index in [1.54, 1.807) is 25.3 Å². The lowest BCUT2D eigenvalue weighted by Crippen LogP contribution is -3.14. The highest BCUT2D eigenvalue weighted by molar-refractivity contribution is 6.32. The third-order valence-corrected chi connectivity index (χ3v) is 5.68. The van der Waals surface area contributed by atoms with Crippen LogP contribution in [0.4, 0.5) is 5.69 Å². The fourth-order valence-electron chi connectivity index (χ4n) is 3.86. The number of benzene rings is 2. The third kappa shape index (κ3) is 5.08. The first-order valence-corrected chi connectivity index (χ1v) is 10.0. The summed E-state index contributed by atoms with van der Waals surface area (Å²) in [5, 5.41) is 3.42. The van der Waals surface area contributed by atoms with E-state index in [1.165, 1.54) is 7.11 Å². The zero-order valence-electron chi connectivity index (χ0n) is 16.6. The van der Waals surface area contributed by atoms with Crippen LogP contribution < -0.4 is 15.0 Å². The second-order valence-corrected chi connectivity index (χ2v) is 7.55. The Balaban J connectivity index is 1.78. The number of rotatable bonds is 6. The molecule has 1 fully saturated rings. The largest absolute Gasteiger partial charge is 0.495 e. The lowest BCUT2D eigenvalue weighted by Gasteiger charge is -2.33. The molecule has 6 nitrogen and oxygen atoms in total. The minimum absolute atomic E-state index is 0.0939. The second-order valence-electron chi connectivity index (χ2n) is 7.14. The van der Waals surface area contributed by atoms with Crippen molar-refractivity contribution >= 4 is 29.2 Å². The maximum atomic E-state index is 13.3. The molecule has 3 rings (SSSR count). The maximum Gasteiger partial charge on any atom is 0.309 e. The van der Waals surface area contributed by atoms with E-state index in [-0.39, 0.29) is 23.8 Å². The van der Waals surface area contributed by atoms with E-state index in [2.05, 4.69) is 5.32 Å². The number of amides is 1. The Kier molecular flexibility index (Phi) is 7.12. The normalized spacial score (nSPS) is 19.8. The van der Waals surface area contributed by atoms with Gasteiger partial charge >= 0.3 is 5.97 Å². The Bertz CT molecular complexity index is 851. The summed E-state index contributed by atoms with van der Waals surface area (Å²) in [7, 11) is 2.97. The molecule has 2 aromatic carbocycles. The lowest BCUT2D eigenvalue weighted by atomic mass is 9.94. The lowest BCUT2D eigenvalue weighted by molar-refractivity contribution is -0.927. The quantitative estimate of drug-likeness (QED) is 0.708. The van der Waals surface area contributed by atoms with Crippen molar-refractivity contribution in [2.45, 2.75) is 18.9 Å². The van der Waals surface area contributed by atoms with Gasteiger partial charge in [0.15, 0.2) is 6.04 Å². The molecule has 1 atom stereocenters. The van der Waals surface area contributed by atoms with Crippen LogP contribution in [0, 0.1) is 5.92 Å². The van der Waals surface area contributed by atoms with Gasteiger partial charge in [0.2, 0.25) is 0 Å². The van der Waals surface area contributed by atoms with E-state index >= 15 is 0 Å². The molecule has 29 heavy (non-hydrogen) atoms. The van der Waals surface area contributed by atoms with Gasteiger partial charge in [-0.3, -0.25) is 9.59 Å². The molecule has 2 N–H and O–H groups in total. The average Bonchev–Trinajstić information content (AvgIpc) is 2.75. The van der Waals surface area contributed by atoms with E-state index in [1.807, 2.05) is 30.3 Å². The van der Waals surface area contributed by atoms with Crippen LogP contribution >= 0.6 is 11.6 Å². The molecule has 1 saturated heterocycles. The summed E-state index contributed by atoms with van der Waals surface area (Å²) in [6.07, 6.45) is 1.40. The molecule has 7 heteroatoms. The Morgan fingerprint density at radius 1 is 1.10 bits per heavy atom. The van der Waals surface area contributed by atoms with Crippen LogP contribution in [0.5, 0.6) is 5.75 Å². The highest BCUT2D eigenvalue weighted by Crippen LogP contribution is 2.27. The molecule has 1 heterocycles. The van der Waals surface area contributed by atoms with Crippen LogP contribution in [0.3, 0.4) is 0 Å². The number of anilines is 1. The Hall–Kier alpha value is -2.57. The van der Waals surface area contributed by atoms with Gasteiger partial charge in [-0.05, 0) is 18.2 Å². The second kappa shape index (κ2) is 9.76. The molecular formula is C22H26ClN2O4+. The molecule has 0 bridgehead atoms. The first-order chi connectivity index (χ1) is 14.0. The molecule has 154 valence electrons. The van der Waals surface area contributed by atoms with Gasteiger partial charge in [0.25, 0.3) is 5.91 Å². The minimum atomic E-state index is -0.379. The molecule has 2 aromatic rings. The number of piperidine rings is 1. The Morgan fingerprint density at radius 3 is 2.38 bits per heavy atom. The summed E-state index contributed by atoms with van der Waals surface area (Å²) < 4.78 is 10.0. The van der Waals surface area contributed by atoms with Crippen LogP contribution in [0.1, 0.15) is 24.4 Å². The summed E-state index contributed by atoms with van der Waals surface area (Å²) in [5.41, 5.74) is 1.56. The SMILES string of the molecule is COC(=O)C1CC[NH+]([C@H](C(=O)Nc2ccc(OC)c(Cl)c2)c2ccccc2)CC1. The number of esters is 1. The molecule has 0 aliphatic carbocycles. The molecule has 0 saturated carbocycles. The molecule has 0 aromatic heterocycles. The minimum Gasteiger partial charge on any atom is -0.495 e. The molecule has 1 aliphatic rings. The summed E-state index contributed by atoms with van der Waals surface area (Å²) in [6.45, 7) is 1.44. The van der Waals surface area contributed by atoms with Crippen molar-refractivity contribution in [3.05, 3.63) is 59.1 Å². The smallest absolute Gasteiger partial charge is 0.309 e. The van der Waals surface area contributed by atoms with Crippen molar-refractivity contribution in [2.75, 3.05) is 32.6 Å². The molecule has 1 aliphatic heterocycles. The number of hydrogen-bond acceptors (Lipinski definition) is 4. The topological polar surface area (TPSA) is 69.1 Å². The van der Waals surface area contributed by atoms with Gasteiger partial charge in [-0.2, -0.15) is 0 Å². The molecule has 0 unspecified atom stereocenters. The van der Waals surface area contributed by atoms with Crippen molar-refractivity contribution in [2.24, 2.45) is 5.92 Å². The van der Waals surface area contributed by atoms with Gasteiger partial charge in [0.1, 0.15) is 5.75 Å². The number of hydrogen-bond donors (Lipinski definition) is 2. The van der Waals surface area contributed by atoms with Crippen molar-refractivity contribution < 1.29 is 24.0 Å². The standard InChI is InChI=1S/C22H25ClN2O4/c1-28-19-9-8-17(14-18(19)23)24-21(26)20(15-6-4-3-5-7-15)25-12-10-16(11-13-25)22(27)29-2/h3-9,14,16,20H,10-13H2,1-2H3,(H,24,26)/p+1/t20-/m0/s1. The molecule has 1 amide bonds.